The molecule has 1 heterocycles. The Kier molecular flexibility index (Phi) is 3.96. The topological polar surface area (TPSA) is 107 Å². The van der Waals surface area contributed by atoms with Crippen molar-refractivity contribution in [3.63, 3.8) is 0 Å². The molecule has 1 aromatic carbocycles. The lowest BCUT2D eigenvalue weighted by Gasteiger charge is -2.33. The second kappa shape index (κ2) is 5.37. The fourth-order valence-electron chi connectivity index (χ4n) is 2.51. The van der Waals surface area contributed by atoms with Gasteiger partial charge >= 0.3 is 0 Å². The van der Waals surface area contributed by atoms with Crippen molar-refractivity contribution < 1.29 is 13.3 Å². The van der Waals surface area contributed by atoms with E-state index in [2.05, 4.69) is 6.92 Å². The van der Waals surface area contributed by atoms with Crippen molar-refractivity contribution >= 4 is 21.4 Å². The number of nitro benzene ring substituents is 1. The predicted molar refractivity (Wildman–Crippen MR) is 75.1 cm³/mol. The Hall–Kier alpha value is -1.67. The fraction of sp³-hybridized carbons (Fsp3) is 0.500. The summed E-state index contributed by atoms with van der Waals surface area (Å²) in [6.45, 7) is 3.54. The van der Waals surface area contributed by atoms with Gasteiger partial charge in [-0.05, 0) is 24.8 Å². The van der Waals surface area contributed by atoms with Crippen molar-refractivity contribution in [2.75, 3.05) is 18.0 Å². The van der Waals surface area contributed by atoms with Crippen LogP contribution in [0.2, 0.25) is 0 Å². The summed E-state index contributed by atoms with van der Waals surface area (Å²) >= 11 is 0. The molecule has 1 fully saturated rings. The van der Waals surface area contributed by atoms with E-state index in [4.69, 9.17) is 5.14 Å². The van der Waals surface area contributed by atoms with E-state index in [0.29, 0.717) is 11.6 Å². The number of hydrogen-bond donors (Lipinski definition) is 1. The highest BCUT2D eigenvalue weighted by molar-refractivity contribution is 7.89. The van der Waals surface area contributed by atoms with Crippen LogP contribution in [-0.2, 0) is 10.0 Å². The van der Waals surface area contributed by atoms with E-state index in [0.717, 1.165) is 32.0 Å². The van der Waals surface area contributed by atoms with Gasteiger partial charge in [0.25, 0.3) is 5.69 Å². The molecule has 8 heteroatoms. The van der Waals surface area contributed by atoms with Gasteiger partial charge in [-0.15, -0.1) is 0 Å². The Morgan fingerprint density at radius 1 is 1.45 bits per heavy atom. The molecular weight excluding hydrogens is 282 g/mol. The first kappa shape index (κ1) is 14.7. The smallest absolute Gasteiger partial charge is 0.270 e. The Morgan fingerprint density at radius 3 is 2.70 bits per heavy atom. The lowest BCUT2D eigenvalue weighted by atomic mass is 10.00. The first-order chi connectivity index (χ1) is 9.29. The number of hydrogen-bond acceptors (Lipinski definition) is 5. The molecule has 1 saturated heterocycles. The molecule has 0 spiro atoms. The van der Waals surface area contributed by atoms with Crippen molar-refractivity contribution in [1.82, 2.24) is 0 Å². The van der Waals surface area contributed by atoms with Crippen molar-refractivity contribution in [3.05, 3.63) is 28.3 Å². The standard InChI is InChI=1S/C12H17N3O4S/c1-9-3-2-6-14(8-9)11-5-4-10(15(16)17)7-12(11)20(13,18)19/h4-5,7,9H,2-3,6,8H2,1H3,(H2,13,18,19)/t9-/m1/s1. The van der Waals surface area contributed by atoms with Crippen LogP contribution < -0.4 is 10.0 Å². The van der Waals surface area contributed by atoms with E-state index in [1.807, 2.05) is 4.90 Å². The normalized spacial score (nSPS) is 19.9. The average molecular weight is 299 g/mol. The molecule has 20 heavy (non-hydrogen) atoms. The Labute approximate surface area is 117 Å². The number of nitrogens with zero attached hydrogens (tertiary/aromatic N) is 2. The van der Waals surface area contributed by atoms with E-state index in [9.17, 15) is 18.5 Å². The largest absolute Gasteiger partial charge is 0.370 e. The van der Waals surface area contributed by atoms with Crippen molar-refractivity contribution in [2.24, 2.45) is 11.1 Å². The third-order valence-electron chi connectivity index (χ3n) is 3.46. The Balaban J connectivity index is 2.49. The molecule has 1 aliphatic heterocycles. The summed E-state index contributed by atoms with van der Waals surface area (Å²) < 4.78 is 23.4. The number of nitro groups is 1. The second-order valence-electron chi connectivity index (χ2n) is 5.15. The van der Waals surface area contributed by atoms with Gasteiger partial charge < -0.3 is 4.90 Å². The monoisotopic (exact) mass is 299 g/mol. The number of nitrogens with two attached hydrogens (primary N) is 1. The Morgan fingerprint density at radius 2 is 2.15 bits per heavy atom. The highest BCUT2D eigenvalue weighted by Gasteiger charge is 2.25. The van der Waals surface area contributed by atoms with Gasteiger partial charge in [0.05, 0.1) is 10.6 Å². The number of sulfonamides is 1. The SMILES string of the molecule is C[C@@H]1CCCN(c2ccc([N+](=O)[O-])cc2S(N)(=O)=O)C1. The van der Waals surface area contributed by atoms with Gasteiger partial charge in [-0.1, -0.05) is 6.92 Å². The fourth-order valence-corrected chi connectivity index (χ4v) is 3.29. The molecule has 7 nitrogen and oxygen atoms in total. The molecule has 110 valence electrons. The lowest BCUT2D eigenvalue weighted by Crippen LogP contribution is -2.35. The average Bonchev–Trinajstić information content (AvgIpc) is 2.37. The molecule has 0 aromatic heterocycles. The maximum atomic E-state index is 11.7. The quantitative estimate of drug-likeness (QED) is 0.672. The molecule has 0 unspecified atom stereocenters. The summed E-state index contributed by atoms with van der Waals surface area (Å²) in [5.41, 5.74) is 0.174. The maximum Gasteiger partial charge on any atom is 0.270 e. The molecule has 2 N–H and O–H groups in total. The van der Waals surface area contributed by atoms with Gasteiger partial charge in [0.1, 0.15) is 4.90 Å². The zero-order valence-corrected chi connectivity index (χ0v) is 12.0. The van der Waals surface area contributed by atoms with Gasteiger partial charge in [-0.25, -0.2) is 13.6 Å². The predicted octanol–water partition coefficient (Wildman–Crippen LogP) is 1.48. The van der Waals surface area contributed by atoms with Crippen molar-refractivity contribution in [1.29, 1.82) is 0 Å². The van der Waals surface area contributed by atoms with Crippen LogP contribution in [0.25, 0.3) is 0 Å². The third-order valence-corrected chi connectivity index (χ3v) is 4.40. The third kappa shape index (κ3) is 3.07. The van der Waals surface area contributed by atoms with E-state index < -0.39 is 14.9 Å². The zero-order valence-electron chi connectivity index (χ0n) is 11.2. The molecule has 0 amide bonds. The van der Waals surface area contributed by atoms with Gasteiger partial charge in [-0.2, -0.15) is 0 Å². The highest BCUT2D eigenvalue weighted by atomic mass is 32.2. The molecule has 0 saturated carbocycles. The minimum atomic E-state index is -4.00. The van der Waals surface area contributed by atoms with E-state index in [1.165, 1.54) is 12.1 Å². The molecule has 0 aliphatic carbocycles. The summed E-state index contributed by atoms with van der Waals surface area (Å²) in [6.07, 6.45) is 2.05. The molecule has 0 radical (unpaired) electrons. The van der Waals surface area contributed by atoms with Crippen LogP contribution in [0.15, 0.2) is 23.1 Å². The van der Waals surface area contributed by atoms with Crippen LogP contribution in [0, 0.1) is 16.0 Å². The number of non-ortho nitro benzene ring substituents is 1. The summed E-state index contributed by atoms with van der Waals surface area (Å²) in [7, 11) is -4.00. The summed E-state index contributed by atoms with van der Waals surface area (Å²) in [6, 6.07) is 3.81. The highest BCUT2D eigenvalue weighted by Crippen LogP contribution is 2.31. The number of anilines is 1. The second-order valence-corrected chi connectivity index (χ2v) is 6.68. The maximum absolute atomic E-state index is 11.7. The van der Waals surface area contributed by atoms with E-state index >= 15 is 0 Å². The minimum Gasteiger partial charge on any atom is -0.370 e. The van der Waals surface area contributed by atoms with E-state index in [-0.39, 0.29) is 10.6 Å². The summed E-state index contributed by atoms with van der Waals surface area (Å²) in [5.74, 6) is 0.451. The van der Waals surface area contributed by atoms with Crippen LogP contribution in [0.1, 0.15) is 19.8 Å². The van der Waals surface area contributed by atoms with Crippen LogP contribution in [-0.4, -0.2) is 26.4 Å². The summed E-state index contributed by atoms with van der Waals surface area (Å²) in [5, 5.41) is 16.0. The first-order valence-corrected chi connectivity index (χ1v) is 7.90. The molecule has 1 aromatic rings. The van der Waals surface area contributed by atoms with Crippen LogP contribution in [0.5, 0.6) is 0 Å². The van der Waals surface area contributed by atoms with Gasteiger partial charge in [0.15, 0.2) is 0 Å². The number of primary sulfonamides is 1. The van der Waals surface area contributed by atoms with Crippen LogP contribution in [0.3, 0.4) is 0 Å². The van der Waals surface area contributed by atoms with E-state index in [1.54, 1.807) is 0 Å². The van der Waals surface area contributed by atoms with Gasteiger partial charge in [-0.3, -0.25) is 10.1 Å². The van der Waals surface area contributed by atoms with Crippen LogP contribution >= 0.6 is 0 Å². The minimum absolute atomic E-state index is 0.180. The molecule has 1 aliphatic rings. The molecule has 2 rings (SSSR count). The van der Waals surface area contributed by atoms with Crippen molar-refractivity contribution in [2.45, 2.75) is 24.7 Å². The Bertz CT molecular complexity index is 630. The molecule has 1 atom stereocenters. The van der Waals surface area contributed by atoms with Gasteiger partial charge in [0.2, 0.25) is 10.0 Å². The van der Waals surface area contributed by atoms with Gasteiger partial charge in [0, 0.05) is 25.2 Å². The van der Waals surface area contributed by atoms with Crippen molar-refractivity contribution in [3.8, 4) is 0 Å². The van der Waals surface area contributed by atoms with Crippen LogP contribution in [0.4, 0.5) is 11.4 Å². The number of benzene rings is 1. The first-order valence-electron chi connectivity index (χ1n) is 6.35. The number of rotatable bonds is 3. The molecular formula is C12H17N3O4S. The number of piperidine rings is 1. The summed E-state index contributed by atoms with van der Waals surface area (Å²) in [4.78, 5) is 11.9. The molecule has 0 bridgehead atoms. The lowest BCUT2D eigenvalue weighted by molar-refractivity contribution is -0.385. The zero-order chi connectivity index (χ0) is 14.9.